The van der Waals surface area contributed by atoms with Crippen molar-refractivity contribution >= 4 is 29.1 Å². The lowest BCUT2D eigenvalue weighted by Gasteiger charge is -2.25. The number of ether oxygens (including phenoxy) is 1. The Bertz CT molecular complexity index is 1870. The Morgan fingerprint density at radius 2 is 1.73 bits per heavy atom. The fourth-order valence-corrected chi connectivity index (χ4v) is 6.44. The zero-order valence-electron chi connectivity index (χ0n) is 24.9. The van der Waals surface area contributed by atoms with Crippen LogP contribution in [0.3, 0.4) is 0 Å². The summed E-state index contributed by atoms with van der Waals surface area (Å²) in [6.07, 6.45) is 1.94. The van der Waals surface area contributed by atoms with Gasteiger partial charge >= 0.3 is 5.97 Å². The van der Waals surface area contributed by atoms with Gasteiger partial charge in [-0.05, 0) is 100 Å². The Morgan fingerprint density at radius 3 is 2.37 bits per heavy atom. The van der Waals surface area contributed by atoms with Crippen LogP contribution in [0.1, 0.15) is 53.5 Å². The van der Waals surface area contributed by atoms with Gasteiger partial charge in [0.1, 0.15) is 0 Å². The number of carbonyl (C=O) groups is 1. The molecule has 8 heteroatoms. The van der Waals surface area contributed by atoms with Crippen LogP contribution < -0.4 is 19.8 Å². The first-order chi connectivity index (χ1) is 19.5. The number of anilines is 1. The third-order valence-electron chi connectivity index (χ3n) is 7.75. The molecule has 0 amide bonds. The largest absolute Gasteiger partial charge is 0.463 e. The molecule has 2 aromatic carbocycles. The highest BCUT2D eigenvalue weighted by Gasteiger charge is 2.33. The molecule has 1 aliphatic heterocycles. The van der Waals surface area contributed by atoms with Gasteiger partial charge in [-0.25, -0.2) is 9.79 Å². The van der Waals surface area contributed by atoms with Crippen LogP contribution in [0.5, 0.6) is 0 Å². The van der Waals surface area contributed by atoms with Crippen LogP contribution in [-0.2, 0) is 9.53 Å². The van der Waals surface area contributed by atoms with E-state index in [-0.39, 0.29) is 12.2 Å². The number of benzene rings is 2. The predicted octanol–water partition coefficient (Wildman–Crippen LogP) is 4.89. The maximum atomic E-state index is 14.1. The minimum atomic E-state index is -0.633. The first kappa shape index (κ1) is 28.4. The van der Waals surface area contributed by atoms with Crippen LogP contribution in [0.2, 0.25) is 0 Å². The molecule has 0 bridgehead atoms. The molecule has 0 saturated carbocycles. The molecule has 0 aliphatic carbocycles. The van der Waals surface area contributed by atoms with Crippen molar-refractivity contribution in [2.24, 2.45) is 4.99 Å². The molecule has 1 aliphatic rings. The molecule has 5 rings (SSSR count). The van der Waals surface area contributed by atoms with Gasteiger partial charge in [0.25, 0.3) is 5.56 Å². The molecule has 0 saturated heterocycles. The lowest BCUT2D eigenvalue weighted by Crippen LogP contribution is -2.40. The summed E-state index contributed by atoms with van der Waals surface area (Å²) >= 11 is 1.34. The monoisotopic (exact) mass is 568 g/mol. The molecule has 4 aromatic rings. The van der Waals surface area contributed by atoms with Crippen molar-refractivity contribution in [2.45, 2.75) is 47.6 Å². The van der Waals surface area contributed by atoms with Crippen molar-refractivity contribution < 1.29 is 9.53 Å². The third-order valence-corrected chi connectivity index (χ3v) is 8.73. The summed E-state index contributed by atoms with van der Waals surface area (Å²) in [4.78, 5) is 34.5. The molecule has 0 fully saturated rings. The van der Waals surface area contributed by atoms with Gasteiger partial charge in [-0.2, -0.15) is 0 Å². The van der Waals surface area contributed by atoms with E-state index < -0.39 is 12.0 Å². The summed E-state index contributed by atoms with van der Waals surface area (Å²) in [5.41, 5.74) is 9.31. The number of thiazole rings is 1. The van der Waals surface area contributed by atoms with E-state index in [0.29, 0.717) is 20.6 Å². The number of aryl methyl sites for hydroxylation is 3. The standard InChI is InChI=1S/C33H36N4O3S/c1-9-40-32(39)29-22(5)34-33-37(30(29)24-11-14-26(15-12-24)35(7)8)31(38)28(41-33)18-25-17-21(4)36(23(25)6)27-13-10-19(2)20(3)16-27/h10-18,30H,9H2,1-8H3/b28-18+/t30-/m1/s1. The number of hydrogen-bond donors (Lipinski definition) is 0. The molecule has 0 spiro atoms. The van der Waals surface area contributed by atoms with E-state index in [9.17, 15) is 9.59 Å². The molecular weight excluding hydrogens is 532 g/mol. The summed E-state index contributed by atoms with van der Waals surface area (Å²) < 4.78 is 9.85. The predicted molar refractivity (Wildman–Crippen MR) is 166 cm³/mol. The molecule has 0 radical (unpaired) electrons. The van der Waals surface area contributed by atoms with Crippen LogP contribution in [0.4, 0.5) is 5.69 Å². The lowest BCUT2D eigenvalue weighted by molar-refractivity contribution is -0.139. The van der Waals surface area contributed by atoms with E-state index in [1.54, 1.807) is 11.5 Å². The SMILES string of the molecule is CCOC(=O)C1=C(C)N=c2s/c(=C/c3cc(C)n(-c4ccc(C)c(C)c4)c3C)c(=O)n2[C@@H]1c1ccc(N(C)C)cc1. The maximum absolute atomic E-state index is 14.1. The van der Waals surface area contributed by atoms with E-state index in [1.165, 1.54) is 22.5 Å². The van der Waals surface area contributed by atoms with Gasteiger partial charge in [-0.15, -0.1) is 0 Å². The highest BCUT2D eigenvalue weighted by molar-refractivity contribution is 7.07. The minimum Gasteiger partial charge on any atom is -0.463 e. The van der Waals surface area contributed by atoms with Crippen molar-refractivity contribution in [3.05, 3.63) is 113 Å². The molecule has 3 heterocycles. The van der Waals surface area contributed by atoms with Gasteiger partial charge in [0.2, 0.25) is 0 Å². The van der Waals surface area contributed by atoms with Crippen molar-refractivity contribution in [3.8, 4) is 5.69 Å². The normalized spacial score (nSPS) is 15.1. The Labute approximate surface area is 244 Å². The molecule has 41 heavy (non-hydrogen) atoms. The summed E-state index contributed by atoms with van der Waals surface area (Å²) in [7, 11) is 3.95. The third kappa shape index (κ3) is 5.08. The number of aromatic nitrogens is 2. The first-order valence-corrected chi connectivity index (χ1v) is 14.6. The van der Waals surface area contributed by atoms with Gasteiger partial charge in [0.05, 0.1) is 28.5 Å². The van der Waals surface area contributed by atoms with E-state index in [0.717, 1.165) is 33.9 Å². The van der Waals surface area contributed by atoms with Crippen LogP contribution in [0, 0.1) is 27.7 Å². The number of rotatable bonds is 6. The number of allylic oxidation sites excluding steroid dienone is 1. The Kier molecular flexibility index (Phi) is 7.62. The van der Waals surface area contributed by atoms with Crippen molar-refractivity contribution in [1.82, 2.24) is 9.13 Å². The quantitative estimate of drug-likeness (QED) is 0.311. The second-order valence-corrected chi connectivity index (χ2v) is 11.7. The maximum Gasteiger partial charge on any atom is 0.338 e. The number of esters is 1. The van der Waals surface area contributed by atoms with E-state index in [4.69, 9.17) is 9.73 Å². The summed E-state index contributed by atoms with van der Waals surface area (Å²) in [6.45, 7) is 12.2. The van der Waals surface area contributed by atoms with E-state index in [1.807, 2.05) is 56.3 Å². The number of hydrogen-bond acceptors (Lipinski definition) is 6. The molecule has 7 nitrogen and oxygen atoms in total. The zero-order chi connectivity index (χ0) is 29.6. The van der Waals surface area contributed by atoms with Gasteiger partial charge in [0, 0.05) is 36.9 Å². The molecule has 0 N–H and O–H groups in total. The number of carbonyl (C=O) groups excluding carboxylic acids is 1. The summed E-state index contributed by atoms with van der Waals surface area (Å²) in [6, 6.07) is 15.8. The van der Waals surface area contributed by atoms with E-state index >= 15 is 0 Å². The molecule has 0 unspecified atom stereocenters. The first-order valence-electron chi connectivity index (χ1n) is 13.7. The molecular formula is C33H36N4O3S. The summed E-state index contributed by atoms with van der Waals surface area (Å²) in [5, 5.41) is 0. The fourth-order valence-electron chi connectivity index (χ4n) is 5.40. The second-order valence-electron chi connectivity index (χ2n) is 10.7. The van der Waals surface area contributed by atoms with Crippen LogP contribution >= 0.6 is 11.3 Å². The van der Waals surface area contributed by atoms with Gasteiger partial charge < -0.3 is 14.2 Å². The Balaban J connectivity index is 1.68. The highest BCUT2D eigenvalue weighted by Crippen LogP contribution is 2.32. The fraction of sp³-hybridized carbons (Fsp3) is 0.303. The lowest BCUT2D eigenvalue weighted by atomic mass is 9.95. The van der Waals surface area contributed by atoms with Crippen LogP contribution in [-0.4, -0.2) is 35.8 Å². The second kappa shape index (κ2) is 11.0. The van der Waals surface area contributed by atoms with Crippen molar-refractivity contribution in [1.29, 1.82) is 0 Å². The Hall–Kier alpha value is -4.17. The van der Waals surface area contributed by atoms with Gasteiger partial charge in [0.15, 0.2) is 4.80 Å². The number of nitrogens with zero attached hydrogens (tertiary/aromatic N) is 4. The van der Waals surface area contributed by atoms with Crippen LogP contribution in [0.25, 0.3) is 11.8 Å². The van der Waals surface area contributed by atoms with Crippen molar-refractivity contribution in [2.75, 3.05) is 25.6 Å². The average Bonchev–Trinajstić information content (AvgIpc) is 3.38. The van der Waals surface area contributed by atoms with Gasteiger partial charge in [-0.1, -0.05) is 29.5 Å². The highest BCUT2D eigenvalue weighted by atomic mass is 32.1. The smallest absolute Gasteiger partial charge is 0.338 e. The topological polar surface area (TPSA) is 68.8 Å². The minimum absolute atomic E-state index is 0.180. The summed E-state index contributed by atoms with van der Waals surface area (Å²) in [5.74, 6) is -0.457. The van der Waals surface area contributed by atoms with Crippen molar-refractivity contribution in [3.63, 3.8) is 0 Å². The molecule has 212 valence electrons. The van der Waals surface area contributed by atoms with Gasteiger partial charge in [-0.3, -0.25) is 9.36 Å². The molecule has 2 aromatic heterocycles. The molecule has 1 atom stereocenters. The van der Waals surface area contributed by atoms with E-state index in [2.05, 4.69) is 56.5 Å². The van der Waals surface area contributed by atoms with Crippen LogP contribution in [0.15, 0.2) is 69.6 Å². The number of fused-ring (bicyclic) bond motifs is 1. The zero-order valence-corrected chi connectivity index (χ0v) is 25.7. The average molecular weight is 569 g/mol. The Morgan fingerprint density at radius 1 is 1.02 bits per heavy atom.